The van der Waals surface area contributed by atoms with E-state index in [9.17, 15) is 4.79 Å². The Labute approximate surface area is 165 Å². The van der Waals surface area contributed by atoms with E-state index in [1.807, 2.05) is 31.1 Å². The number of amides is 1. The maximum Gasteiger partial charge on any atom is 0.258 e. The van der Waals surface area contributed by atoms with Crippen LogP contribution in [-0.4, -0.2) is 65.1 Å². The fraction of sp³-hybridized carbons (Fsp3) is 0.571. The van der Waals surface area contributed by atoms with Gasteiger partial charge in [-0.25, -0.2) is 4.98 Å². The molecule has 0 spiro atoms. The lowest BCUT2D eigenvalue weighted by Gasteiger charge is -2.44. The number of fused-ring (bicyclic) bond motifs is 3. The summed E-state index contributed by atoms with van der Waals surface area (Å²) in [6, 6.07) is 4.69. The lowest BCUT2D eigenvalue weighted by Crippen LogP contribution is -2.51. The third-order valence-corrected chi connectivity index (χ3v) is 6.24. The molecular weight excluding hydrogens is 352 g/mol. The highest BCUT2D eigenvalue weighted by Gasteiger charge is 2.36. The SMILES string of the molecule is CCN1CN(C2CCC(CN(C)CC#N)CC2)c2c(cnc3[nH]ccc23)C1=O. The van der Waals surface area contributed by atoms with Crippen molar-refractivity contribution < 1.29 is 4.79 Å². The van der Waals surface area contributed by atoms with E-state index in [2.05, 4.69) is 25.8 Å². The molecule has 1 aliphatic carbocycles. The van der Waals surface area contributed by atoms with Crippen molar-refractivity contribution in [3.8, 4) is 6.07 Å². The molecule has 0 aromatic carbocycles. The van der Waals surface area contributed by atoms with Gasteiger partial charge in [-0.05, 0) is 51.6 Å². The van der Waals surface area contributed by atoms with Gasteiger partial charge in [0.05, 0.1) is 30.5 Å². The Morgan fingerprint density at radius 1 is 1.36 bits per heavy atom. The van der Waals surface area contributed by atoms with Crippen molar-refractivity contribution in [3.63, 3.8) is 0 Å². The molecule has 0 saturated heterocycles. The maximum absolute atomic E-state index is 12.9. The van der Waals surface area contributed by atoms with E-state index in [0.29, 0.717) is 31.7 Å². The van der Waals surface area contributed by atoms with Gasteiger partial charge in [0.15, 0.2) is 0 Å². The van der Waals surface area contributed by atoms with Gasteiger partial charge in [-0.15, -0.1) is 0 Å². The third kappa shape index (κ3) is 3.33. The van der Waals surface area contributed by atoms with Crippen molar-refractivity contribution in [1.82, 2.24) is 19.8 Å². The summed E-state index contributed by atoms with van der Waals surface area (Å²) in [5.74, 6) is 0.726. The molecule has 0 unspecified atom stereocenters. The van der Waals surface area contributed by atoms with Crippen LogP contribution < -0.4 is 4.90 Å². The molecule has 2 aliphatic rings. The fourth-order valence-corrected chi connectivity index (χ4v) is 4.76. The van der Waals surface area contributed by atoms with E-state index in [4.69, 9.17) is 5.26 Å². The molecule has 1 amide bonds. The molecule has 1 saturated carbocycles. The van der Waals surface area contributed by atoms with Crippen molar-refractivity contribution >= 4 is 22.6 Å². The van der Waals surface area contributed by atoms with Crippen molar-refractivity contribution in [2.75, 3.05) is 38.3 Å². The summed E-state index contributed by atoms with van der Waals surface area (Å²) >= 11 is 0. The lowest BCUT2D eigenvalue weighted by atomic mass is 9.84. The van der Waals surface area contributed by atoms with Crippen LogP contribution in [0.1, 0.15) is 43.0 Å². The van der Waals surface area contributed by atoms with Crippen LogP contribution in [0.2, 0.25) is 0 Å². The first kappa shape index (κ1) is 18.8. The maximum atomic E-state index is 12.9. The summed E-state index contributed by atoms with van der Waals surface area (Å²) < 4.78 is 0. The minimum absolute atomic E-state index is 0.0798. The summed E-state index contributed by atoms with van der Waals surface area (Å²) in [6.45, 7) is 4.86. The number of nitrogens with zero attached hydrogens (tertiary/aromatic N) is 5. The van der Waals surface area contributed by atoms with Crippen LogP contribution in [0.25, 0.3) is 11.0 Å². The van der Waals surface area contributed by atoms with E-state index in [1.54, 1.807) is 6.20 Å². The standard InChI is InChI=1S/C21H28N6O/c1-3-26-14-27(16-6-4-15(5-7-16)13-25(2)11-9-22)19-17-8-10-23-20(17)24-12-18(19)21(26)28/h8,10,12,15-16H,3-7,11,13-14H2,1-2H3,(H,23,24). The topological polar surface area (TPSA) is 79.3 Å². The Morgan fingerprint density at radius 2 is 2.14 bits per heavy atom. The molecule has 7 heteroatoms. The number of rotatable bonds is 5. The lowest BCUT2D eigenvalue weighted by molar-refractivity contribution is 0.0740. The fourth-order valence-electron chi connectivity index (χ4n) is 4.76. The van der Waals surface area contributed by atoms with Crippen LogP contribution in [-0.2, 0) is 0 Å². The number of carbonyl (C=O) groups is 1. The van der Waals surface area contributed by atoms with Gasteiger partial charge in [-0.3, -0.25) is 9.69 Å². The largest absolute Gasteiger partial charge is 0.349 e. The van der Waals surface area contributed by atoms with Gasteiger partial charge in [-0.1, -0.05) is 0 Å². The van der Waals surface area contributed by atoms with Crippen LogP contribution in [0.4, 0.5) is 5.69 Å². The van der Waals surface area contributed by atoms with E-state index < -0.39 is 0 Å². The van der Waals surface area contributed by atoms with E-state index in [0.717, 1.165) is 54.5 Å². The molecule has 0 radical (unpaired) electrons. The summed E-state index contributed by atoms with van der Waals surface area (Å²) in [5, 5.41) is 9.91. The van der Waals surface area contributed by atoms with Crippen LogP contribution in [0.5, 0.6) is 0 Å². The Morgan fingerprint density at radius 3 is 2.86 bits per heavy atom. The first-order valence-corrected chi connectivity index (χ1v) is 10.2. The van der Waals surface area contributed by atoms with Crippen LogP contribution in [0.15, 0.2) is 18.5 Å². The molecule has 148 valence electrons. The summed E-state index contributed by atoms with van der Waals surface area (Å²) in [7, 11) is 2.02. The molecular formula is C21H28N6O. The number of anilines is 1. The minimum Gasteiger partial charge on any atom is -0.349 e. The number of aromatic nitrogens is 2. The highest BCUT2D eigenvalue weighted by molar-refractivity contribution is 6.08. The van der Waals surface area contributed by atoms with Crippen molar-refractivity contribution in [2.24, 2.45) is 5.92 Å². The molecule has 1 fully saturated rings. The zero-order chi connectivity index (χ0) is 19.7. The predicted octanol–water partition coefficient (Wildman–Crippen LogP) is 2.82. The number of aromatic amines is 1. The van der Waals surface area contributed by atoms with Crippen molar-refractivity contribution in [3.05, 3.63) is 24.0 Å². The molecule has 4 rings (SSSR count). The van der Waals surface area contributed by atoms with Gasteiger partial charge in [0, 0.05) is 36.9 Å². The Balaban J connectivity index is 1.57. The van der Waals surface area contributed by atoms with Crippen LogP contribution >= 0.6 is 0 Å². The van der Waals surface area contributed by atoms with Gasteiger partial charge < -0.3 is 14.8 Å². The molecule has 28 heavy (non-hydrogen) atoms. The number of pyridine rings is 1. The zero-order valence-corrected chi connectivity index (χ0v) is 16.7. The normalized spacial score (nSPS) is 22.6. The predicted molar refractivity (Wildman–Crippen MR) is 109 cm³/mol. The van der Waals surface area contributed by atoms with Gasteiger partial charge in [0.2, 0.25) is 0 Å². The summed E-state index contributed by atoms with van der Waals surface area (Å²) in [6.07, 6.45) is 8.18. The van der Waals surface area contributed by atoms with E-state index in [1.165, 1.54) is 0 Å². The molecule has 0 bridgehead atoms. The first-order valence-electron chi connectivity index (χ1n) is 10.2. The number of hydrogen-bond donors (Lipinski definition) is 1. The van der Waals surface area contributed by atoms with E-state index >= 15 is 0 Å². The van der Waals surface area contributed by atoms with Gasteiger partial charge >= 0.3 is 0 Å². The second kappa shape index (κ2) is 7.80. The summed E-state index contributed by atoms with van der Waals surface area (Å²) in [5.41, 5.74) is 2.61. The Kier molecular flexibility index (Phi) is 5.23. The van der Waals surface area contributed by atoms with Gasteiger partial charge in [0.25, 0.3) is 5.91 Å². The number of carbonyl (C=O) groups excluding carboxylic acids is 1. The quantitative estimate of drug-likeness (QED) is 0.807. The molecule has 7 nitrogen and oxygen atoms in total. The minimum atomic E-state index is 0.0798. The van der Waals surface area contributed by atoms with E-state index in [-0.39, 0.29) is 5.91 Å². The van der Waals surface area contributed by atoms with Crippen LogP contribution in [0.3, 0.4) is 0 Å². The number of nitriles is 1. The molecule has 0 atom stereocenters. The number of nitrogens with one attached hydrogen (secondary N) is 1. The third-order valence-electron chi connectivity index (χ3n) is 6.24. The molecule has 1 N–H and O–H groups in total. The highest BCUT2D eigenvalue weighted by Crippen LogP contribution is 2.38. The average molecular weight is 380 g/mol. The smallest absolute Gasteiger partial charge is 0.258 e. The van der Waals surface area contributed by atoms with Crippen molar-refractivity contribution in [1.29, 1.82) is 5.26 Å². The second-order valence-corrected chi connectivity index (χ2v) is 8.06. The number of hydrogen-bond acceptors (Lipinski definition) is 5. The zero-order valence-electron chi connectivity index (χ0n) is 16.7. The molecule has 1 aliphatic heterocycles. The van der Waals surface area contributed by atoms with Crippen molar-refractivity contribution in [2.45, 2.75) is 38.6 Å². The monoisotopic (exact) mass is 380 g/mol. The number of H-pyrrole nitrogens is 1. The Hall–Kier alpha value is -2.59. The van der Waals surface area contributed by atoms with Crippen LogP contribution in [0, 0.1) is 17.2 Å². The second-order valence-electron chi connectivity index (χ2n) is 8.06. The van der Waals surface area contributed by atoms with Gasteiger partial charge in [-0.2, -0.15) is 5.26 Å². The first-order chi connectivity index (χ1) is 13.6. The molecule has 2 aromatic rings. The van der Waals surface area contributed by atoms with Gasteiger partial charge in [0.1, 0.15) is 5.65 Å². The average Bonchev–Trinajstić information content (AvgIpc) is 3.18. The Bertz CT molecular complexity index is 892. The molecule has 3 heterocycles. The highest BCUT2D eigenvalue weighted by atomic mass is 16.2. The summed E-state index contributed by atoms with van der Waals surface area (Å²) in [4.78, 5) is 27.0. The molecule has 2 aromatic heterocycles.